The second kappa shape index (κ2) is 4.54. The van der Waals surface area contributed by atoms with Crippen molar-refractivity contribution >= 4 is 21.5 Å². The SMILES string of the molecule is C1=CC23CC(c4cc5ccccc5cc42)[C@H]2c4cc5ccccc5cc4[C@]23C=C1. The van der Waals surface area contributed by atoms with E-state index in [4.69, 9.17) is 0 Å². The van der Waals surface area contributed by atoms with Crippen molar-refractivity contribution in [1.82, 2.24) is 0 Å². The van der Waals surface area contributed by atoms with E-state index in [1.54, 1.807) is 22.3 Å². The number of hydrogen-bond donors (Lipinski definition) is 0. The maximum absolute atomic E-state index is 2.55. The minimum absolute atomic E-state index is 0.117. The maximum atomic E-state index is 2.55. The molecular weight excluding hydrogens is 348 g/mol. The lowest BCUT2D eigenvalue weighted by Crippen LogP contribution is -2.54. The van der Waals surface area contributed by atoms with Gasteiger partial charge < -0.3 is 0 Å². The molecule has 4 aromatic carbocycles. The Morgan fingerprint density at radius 3 is 1.93 bits per heavy atom. The summed E-state index contributed by atoms with van der Waals surface area (Å²) in [5.74, 6) is 1.23. The van der Waals surface area contributed by atoms with Crippen molar-refractivity contribution in [3.05, 3.63) is 119 Å². The molecule has 2 bridgehead atoms. The number of fused-ring (bicyclic) bond motifs is 8. The normalized spacial score (nSPS) is 32.0. The molecule has 1 fully saturated rings. The van der Waals surface area contributed by atoms with Gasteiger partial charge in [-0.2, -0.15) is 0 Å². The maximum Gasteiger partial charge on any atom is 0.0344 e. The minimum Gasteiger partial charge on any atom is -0.0727 e. The molecule has 0 amide bonds. The van der Waals surface area contributed by atoms with Crippen LogP contribution in [0.4, 0.5) is 0 Å². The summed E-state index contributed by atoms with van der Waals surface area (Å²) in [5.41, 5.74) is 6.60. The van der Waals surface area contributed by atoms with Crippen molar-refractivity contribution in [3.8, 4) is 0 Å². The Morgan fingerprint density at radius 1 is 0.621 bits per heavy atom. The second-order valence-electron chi connectivity index (χ2n) is 9.42. The zero-order valence-corrected chi connectivity index (χ0v) is 16.1. The van der Waals surface area contributed by atoms with Crippen LogP contribution in [0.1, 0.15) is 40.5 Å². The number of rotatable bonds is 0. The van der Waals surface area contributed by atoms with Crippen LogP contribution >= 0.6 is 0 Å². The molecule has 8 rings (SSSR count). The summed E-state index contributed by atoms with van der Waals surface area (Å²) in [6.07, 6.45) is 10.9. The van der Waals surface area contributed by atoms with Gasteiger partial charge >= 0.3 is 0 Å². The Hall–Kier alpha value is -3.12. The van der Waals surface area contributed by atoms with Gasteiger partial charge in [-0.15, -0.1) is 0 Å². The summed E-state index contributed by atoms with van der Waals surface area (Å²) in [7, 11) is 0. The molecule has 0 nitrogen and oxygen atoms in total. The zero-order valence-electron chi connectivity index (χ0n) is 16.1. The molecule has 1 saturated carbocycles. The van der Waals surface area contributed by atoms with Crippen LogP contribution in [0.15, 0.2) is 97.1 Å². The molecule has 4 aromatic rings. The molecule has 0 N–H and O–H groups in total. The van der Waals surface area contributed by atoms with E-state index in [0.29, 0.717) is 11.8 Å². The van der Waals surface area contributed by atoms with Crippen molar-refractivity contribution in [2.24, 2.45) is 0 Å². The summed E-state index contributed by atoms with van der Waals surface area (Å²) < 4.78 is 0. The average molecular weight is 368 g/mol. The molecule has 2 unspecified atom stereocenters. The Morgan fingerprint density at radius 2 is 1.21 bits per heavy atom. The molecule has 29 heavy (non-hydrogen) atoms. The van der Waals surface area contributed by atoms with E-state index in [1.165, 1.54) is 28.0 Å². The van der Waals surface area contributed by atoms with E-state index in [-0.39, 0.29) is 10.8 Å². The Balaban J connectivity index is 1.48. The molecule has 0 heteroatoms. The lowest BCUT2D eigenvalue weighted by atomic mass is 9.44. The van der Waals surface area contributed by atoms with Gasteiger partial charge in [0.2, 0.25) is 0 Å². The Bertz CT molecular complexity index is 1440. The third-order valence-electron chi connectivity index (χ3n) is 8.52. The monoisotopic (exact) mass is 368 g/mol. The Kier molecular flexibility index (Phi) is 2.32. The predicted molar refractivity (Wildman–Crippen MR) is 120 cm³/mol. The molecule has 0 heterocycles. The molecular formula is C29H20. The van der Waals surface area contributed by atoms with Crippen LogP contribution in [-0.2, 0) is 10.8 Å². The Labute approximate surface area is 170 Å². The van der Waals surface area contributed by atoms with Crippen LogP contribution in [0, 0.1) is 0 Å². The van der Waals surface area contributed by atoms with E-state index in [0.717, 1.165) is 0 Å². The van der Waals surface area contributed by atoms with Crippen LogP contribution < -0.4 is 0 Å². The zero-order chi connectivity index (χ0) is 18.8. The highest BCUT2D eigenvalue weighted by Crippen LogP contribution is 2.79. The van der Waals surface area contributed by atoms with Crippen molar-refractivity contribution in [2.45, 2.75) is 29.1 Å². The highest BCUT2D eigenvalue weighted by Gasteiger charge is 2.73. The van der Waals surface area contributed by atoms with E-state index >= 15 is 0 Å². The molecule has 0 aliphatic heterocycles. The van der Waals surface area contributed by atoms with Crippen LogP contribution in [0.3, 0.4) is 0 Å². The van der Waals surface area contributed by atoms with E-state index in [9.17, 15) is 0 Å². The molecule has 0 aromatic heterocycles. The molecule has 2 spiro atoms. The van der Waals surface area contributed by atoms with Crippen molar-refractivity contribution < 1.29 is 0 Å². The summed E-state index contributed by atoms with van der Waals surface area (Å²) in [6.45, 7) is 0. The topological polar surface area (TPSA) is 0 Å². The third-order valence-corrected chi connectivity index (χ3v) is 8.52. The molecule has 0 radical (unpaired) electrons. The van der Waals surface area contributed by atoms with Gasteiger partial charge in [0.05, 0.1) is 0 Å². The quantitative estimate of drug-likeness (QED) is 0.317. The average Bonchev–Trinajstić information content (AvgIpc) is 3.21. The van der Waals surface area contributed by atoms with Crippen molar-refractivity contribution in [3.63, 3.8) is 0 Å². The predicted octanol–water partition coefficient (Wildman–Crippen LogP) is 6.89. The van der Waals surface area contributed by atoms with Crippen molar-refractivity contribution in [1.29, 1.82) is 0 Å². The minimum atomic E-state index is 0.117. The summed E-state index contributed by atoms with van der Waals surface area (Å²) in [4.78, 5) is 0. The lowest BCUT2D eigenvalue weighted by molar-refractivity contribution is 0.294. The van der Waals surface area contributed by atoms with Crippen LogP contribution in [0.2, 0.25) is 0 Å². The summed E-state index contributed by atoms with van der Waals surface area (Å²) in [5, 5.41) is 5.51. The molecule has 4 atom stereocenters. The van der Waals surface area contributed by atoms with Gasteiger partial charge in [-0.05, 0) is 68.3 Å². The van der Waals surface area contributed by atoms with Gasteiger partial charge in [0.1, 0.15) is 0 Å². The number of benzene rings is 4. The largest absolute Gasteiger partial charge is 0.0727 e. The second-order valence-corrected chi connectivity index (χ2v) is 9.42. The first-order valence-electron chi connectivity index (χ1n) is 10.8. The van der Waals surface area contributed by atoms with Gasteiger partial charge in [-0.1, -0.05) is 85.0 Å². The fourth-order valence-corrected chi connectivity index (χ4v) is 7.53. The molecule has 4 aliphatic rings. The first kappa shape index (κ1) is 14.8. The van der Waals surface area contributed by atoms with Crippen LogP contribution in [0.5, 0.6) is 0 Å². The first-order valence-corrected chi connectivity index (χ1v) is 10.8. The van der Waals surface area contributed by atoms with Gasteiger partial charge in [-0.3, -0.25) is 0 Å². The number of allylic oxidation sites excluding steroid dienone is 4. The van der Waals surface area contributed by atoms with Crippen molar-refractivity contribution in [2.75, 3.05) is 0 Å². The smallest absolute Gasteiger partial charge is 0.0344 e. The van der Waals surface area contributed by atoms with Crippen LogP contribution in [0.25, 0.3) is 21.5 Å². The van der Waals surface area contributed by atoms with Gasteiger partial charge in [0.15, 0.2) is 0 Å². The van der Waals surface area contributed by atoms with Crippen LogP contribution in [-0.4, -0.2) is 0 Å². The summed E-state index contributed by atoms with van der Waals surface area (Å²) >= 11 is 0. The fourth-order valence-electron chi connectivity index (χ4n) is 7.53. The third kappa shape index (κ3) is 1.42. The lowest BCUT2D eigenvalue weighted by Gasteiger charge is -2.58. The highest BCUT2D eigenvalue weighted by molar-refractivity contribution is 5.90. The fraction of sp³-hybridized carbons (Fsp3) is 0.172. The van der Waals surface area contributed by atoms with Gasteiger partial charge in [-0.25, -0.2) is 0 Å². The van der Waals surface area contributed by atoms with Gasteiger partial charge in [0.25, 0.3) is 0 Å². The van der Waals surface area contributed by atoms with Gasteiger partial charge in [0, 0.05) is 16.7 Å². The standard InChI is InChI=1S/C29H20/c1-3-9-20-15-25-22(13-18(20)7-1)24-17-28(25)11-5-6-12-29(28)26-16-21-10-4-2-8-19(21)14-23(26)27(24)29/h1-16,24,27H,17H2/t24?,27-,28?,29-/m1/s1. The van der Waals surface area contributed by atoms with E-state index < -0.39 is 0 Å². The highest BCUT2D eigenvalue weighted by atomic mass is 14.7. The van der Waals surface area contributed by atoms with E-state index in [2.05, 4.69) is 97.1 Å². The summed E-state index contributed by atoms with van der Waals surface area (Å²) in [6, 6.07) is 27.7. The molecule has 4 aliphatic carbocycles. The molecule has 136 valence electrons. The number of hydrogen-bond acceptors (Lipinski definition) is 0. The molecule has 0 saturated heterocycles. The van der Waals surface area contributed by atoms with E-state index in [1.807, 2.05) is 0 Å². The first-order chi connectivity index (χ1) is 14.3.